The van der Waals surface area contributed by atoms with Gasteiger partial charge in [0.15, 0.2) is 0 Å². The number of ether oxygens (including phenoxy) is 1. The summed E-state index contributed by atoms with van der Waals surface area (Å²) < 4.78 is 29.8. The third-order valence-electron chi connectivity index (χ3n) is 2.80. The third kappa shape index (κ3) is 3.63. The number of hydrogen-bond acceptors (Lipinski definition) is 2. The summed E-state index contributed by atoms with van der Waals surface area (Å²) in [6.07, 6.45) is -2.64. The van der Waals surface area contributed by atoms with E-state index < -0.39 is 12.5 Å². The summed E-state index contributed by atoms with van der Waals surface area (Å²) in [7, 11) is 0. The Bertz CT molecular complexity index is 350. The Morgan fingerprint density at radius 3 is 2.59 bits per heavy atom. The van der Waals surface area contributed by atoms with Gasteiger partial charge in [0, 0.05) is 17.6 Å². The smallest absolute Gasteiger partial charge is 0.265 e. The predicted molar refractivity (Wildman–Crippen MR) is 62.7 cm³/mol. The van der Waals surface area contributed by atoms with Crippen LogP contribution in [0.15, 0.2) is 24.3 Å². The van der Waals surface area contributed by atoms with E-state index in [9.17, 15) is 8.78 Å². The van der Waals surface area contributed by atoms with E-state index in [0.29, 0.717) is 11.6 Å². The molecule has 5 heteroatoms. The normalized spacial score (nSPS) is 25.2. The van der Waals surface area contributed by atoms with Gasteiger partial charge in [-0.1, -0.05) is 23.7 Å². The summed E-state index contributed by atoms with van der Waals surface area (Å²) >= 11 is 5.78. The first-order valence-corrected chi connectivity index (χ1v) is 5.90. The first kappa shape index (κ1) is 12.7. The van der Waals surface area contributed by atoms with Gasteiger partial charge in [0.05, 0.1) is 6.61 Å². The number of halogens is 3. The van der Waals surface area contributed by atoms with Gasteiger partial charge in [0.2, 0.25) is 0 Å². The molecule has 1 heterocycles. The molecule has 0 radical (unpaired) electrons. The molecule has 1 aromatic rings. The molecule has 0 aromatic heterocycles. The number of alkyl halides is 2. The second kappa shape index (κ2) is 5.76. The van der Waals surface area contributed by atoms with E-state index >= 15 is 0 Å². The largest absolute Gasteiger partial charge is 0.369 e. The molecular formula is C12H14ClF2NO. The van der Waals surface area contributed by atoms with Crippen LogP contribution < -0.4 is 5.32 Å². The molecule has 0 saturated carbocycles. The average Bonchev–Trinajstić information content (AvgIpc) is 2.33. The van der Waals surface area contributed by atoms with Gasteiger partial charge in [-0.25, -0.2) is 8.78 Å². The number of nitrogens with one attached hydrogen (secondary N) is 1. The molecule has 0 bridgehead atoms. The second-order valence-electron chi connectivity index (χ2n) is 4.14. The summed E-state index contributed by atoms with van der Waals surface area (Å²) in [5.74, 6) is 0. The van der Waals surface area contributed by atoms with E-state index in [0.717, 1.165) is 12.0 Å². The number of benzene rings is 1. The molecule has 1 N–H and O–H groups in total. The Kier molecular flexibility index (Phi) is 4.31. The lowest BCUT2D eigenvalue weighted by molar-refractivity contribution is -0.0814. The SMILES string of the molecule is FC(F)[C@H]1CN[C@@H](Cc2ccc(Cl)cc2)CO1. The fourth-order valence-corrected chi connectivity index (χ4v) is 1.96. The fourth-order valence-electron chi connectivity index (χ4n) is 1.84. The van der Waals surface area contributed by atoms with E-state index in [1.165, 1.54) is 0 Å². The van der Waals surface area contributed by atoms with Crippen molar-refractivity contribution in [1.82, 2.24) is 5.32 Å². The van der Waals surface area contributed by atoms with Crippen molar-refractivity contribution in [3.05, 3.63) is 34.9 Å². The first-order valence-electron chi connectivity index (χ1n) is 5.53. The van der Waals surface area contributed by atoms with Crippen LogP contribution in [-0.2, 0) is 11.2 Å². The predicted octanol–water partition coefficient (Wildman–Crippen LogP) is 2.50. The van der Waals surface area contributed by atoms with Crippen LogP contribution in [0.3, 0.4) is 0 Å². The Morgan fingerprint density at radius 2 is 2.06 bits per heavy atom. The Balaban J connectivity index is 1.84. The zero-order chi connectivity index (χ0) is 12.3. The summed E-state index contributed by atoms with van der Waals surface area (Å²) in [6, 6.07) is 7.60. The van der Waals surface area contributed by atoms with Crippen LogP contribution in [0.1, 0.15) is 5.56 Å². The maximum atomic E-state index is 12.3. The molecule has 1 aliphatic heterocycles. The van der Waals surface area contributed by atoms with Crippen molar-refractivity contribution in [2.24, 2.45) is 0 Å². The highest BCUT2D eigenvalue weighted by Gasteiger charge is 2.27. The molecule has 2 rings (SSSR count). The maximum absolute atomic E-state index is 12.3. The molecule has 17 heavy (non-hydrogen) atoms. The van der Waals surface area contributed by atoms with Crippen molar-refractivity contribution in [3.63, 3.8) is 0 Å². The van der Waals surface area contributed by atoms with Gasteiger partial charge in [0.1, 0.15) is 6.10 Å². The van der Waals surface area contributed by atoms with Gasteiger partial charge in [-0.15, -0.1) is 0 Å². The monoisotopic (exact) mass is 261 g/mol. The minimum absolute atomic E-state index is 0.0891. The lowest BCUT2D eigenvalue weighted by Crippen LogP contribution is -2.49. The van der Waals surface area contributed by atoms with E-state index in [2.05, 4.69) is 5.32 Å². The van der Waals surface area contributed by atoms with Gasteiger partial charge in [-0.3, -0.25) is 0 Å². The summed E-state index contributed by atoms with van der Waals surface area (Å²) in [6.45, 7) is 0.521. The standard InChI is InChI=1S/C12H14ClF2NO/c13-9-3-1-8(2-4-9)5-10-7-17-11(6-16-10)12(14)15/h1-4,10-12,16H,5-7H2/t10-,11+/m0/s1. The molecule has 0 spiro atoms. The molecule has 0 aliphatic carbocycles. The Morgan fingerprint density at radius 1 is 1.35 bits per heavy atom. The Labute approximate surface area is 104 Å². The molecular weight excluding hydrogens is 248 g/mol. The van der Waals surface area contributed by atoms with Crippen LogP contribution >= 0.6 is 11.6 Å². The maximum Gasteiger partial charge on any atom is 0.265 e. The molecule has 2 nitrogen and oxygen atoms in total. The van der Waals surface area contributed by atoms with E-state index in [1.807, 2.05) is 24.3 Å². The molecule has 0 amide bonds. The Hall–Kier alpha value is -0.710. The van der Waals surface area contributed by atoms with Crippen LogP contribution in [0.4, 0.5) is 8.78 Å². The van der Waals surface area contributed by atoms with Crippen molar-refractivity contribution < 1.29 is 13.5 Å². The number of rotatable bonds is 3. The van der Waals surface area contributed by atoms with E-state index in [-0.39, 0.29) is 12.6 Å². The topological polar surface area (TPSA) is 21.3 Å². The lowest BCUT2D eigenvalue weighted by atomic mass is 10.1. The van der Waals surface area contributed by atoms with Crippen LogP contribution in [-0.4, -0.2) is 31.7 Å². The van der Waals surface area contributed by atoms with Crippen molar-refractivity contribution in [1.29, 1.82) is 0 Å². The van der Waals surface area contributed by atoms with Gasteiger partial charge in [0.25, 0.3) is 6.43 Å². The number of morpholine rings is 1. The van der Waals surface area contributed by atoms with Crippen molar-refractivity contribution in [2.75, 3.05) is 13.2 Å². The fraction of sp³-hybridized carbons (Fsp3) is 0.500. The average molecular weight is 262 g/mol. The van der Waals surface area contributed by atoms with Gasteiger partial charge in [-0.05, 0) is 24.1 Å². The van der Waals surface area contributed by atoms with Crippen LogP contribution in [0.25, 0.3) is 0 Å². The van der Waals surface area contributed by atoms with E-state index in [1.54, 1.807) is 0 Å². The number of hydrogen-bond donors (Lipinski definition) is 1. The van der Waals surface area contributed by atoms with Gasteiger partial charge >= 0.3 is 0 Å². The van der Waals surface area contributed by atoms with Crippen LogP contribution in [0.2, 0.25) is 5.02 Å². The van der Waals surface area contributed by atoms with Gasteiger partial charge in [-0.2, -0.15) is 0 Å². The molecule has 1 aliphatic rings. The quantitative estimate of drug-likeness (QED) is 0.903. The van der Waals surface area contributed by atoms with Crippen molar-refractivity contribution in [2.45, 2.75) is 25.0 Å². The highest BCUT2D eigenvalue weighted by Crippen LogP contribution is 2.14. The molecule has 1 saturated heterocycles. The molecule has 1 fully saturated rings. The van der Waals surface area contributed by atoms with Crippen LogP contribution in [0, 0.1) is 0 Å². The molecule has 2 atom stereocenters. The second-order valence-corrected chi connectivity index (χ2v) is 4.58. The summed E-state index contributed by atoms with van der Waals surface area (Å²) in [5.41, 5.74) is 1.12. The molecule has 0 unspecified atom stereocenters. The minimum atomic E-state index is -2.42. The first-order chi connectivity index (χ1) is 8.15. The van der Waals surface area contributed by atoms with Crippen molar-refractivity contribution >= 4 is 11.6 Å². The summed E-state index contributed by atoms with van der Waals surface area (Å²) in [5, 5.41) is 3.77. The minimum Gasteiger partial charge on any atom is -0.369 e. The molecule has 94 valence electrons. The summed E-state index contributed by atoms with van der Waals surface area (Å²) in [4.78, 5) is 0. The lowest BCUT2D eigenvalue weighted by Gasteiger charge is -2.29. The van der Waals surface area contributed by atoms with Gasteiger partial charge < -0.3 is 10.1 Å². The zero-order valence-electron chi connectivity index (χ0n) is 9.20. The zero-order valence-corrected chi connectivity index (χ0v) is 9.96. The highest BCUT2D eigenvalue weighted by atomic mass is 35.5. The van der Waals surface area contributed by atoms with Crippen LogP contribution in [0.5, 0.6) is 0 Å². The van der Waals surface area contributed by atoms with E-state index in [4.69, 9.17) is 16.3 Å². The van der Waals surface area contributed by atoms with Crippen molar-refractivity contribution in [3.8, 4) is 0 Å². The molecule has 1 aromatic carbocycles. The third-order valence-corrected chi connectivity index (χ3v) is 3.05. The highest BCUT2D eigenvalue weighted by molar-refractivity contribution is 6.30.